The first-order chi connectivity index (χ1) is 7.91. The predicted octanol–water partition coefficient (Wildman–Crippen LogP) is 2.35. The molecule has 0 aliphatic heterocycles. The molecule has 88 valence electrons. The molecule has 0 saturated carbocycles. The molecule has 1 aromatic carbocycles. The number of halogens is 3. The number of rotatable bonds is 1. The van der Waals surface area contributed by atoms with Crippen molar-refractivity contribution in [3.63, 3.8) is 0 Å². The minimum Gasteiger partial charge on any atom is -0.478 e. The smallest absolute Gasteiger partial charge is 0.434 e. The molecule has 0 saturated heterocycles. The summed E-state index contributed by atoms with van der Waals surface area (Å²) in [6, 6.07) is 3.56. The lowest BCUT2D eigenvalue weighted by atomic mass is 10.1. The van der Waals surface area contributed by atoms with Crippen molar-refractivity contribution in [2.75, 3.05) is 0 Å². The number of hydrogen-bond donors (Lipinski definition) is 1. The maximum Gasteiger partial charge on any atom is 0.434 e. The van der Waals surface area contributed by atoms with Crippen LogP contribution in [0.15, 0.2) is 24.5 Å². The van der Waals surface area contributed by atoms with Crippen LogP contribution in [-0.2, 0) is 6.18 Å². The zero-order valence-corrected chi connectivity index (χ0v) is 8.19. The first kappa shape index (κ1) is 11.3. The molecule has 17 heavy (non-hydrogen) atoms. The van der Waals surface area contributed by atoms with Crippen molar-refractivity contribution in [3.8, 4) is 0 Å². The summed E-state index contributed by atoms with van der Waals surface area (Å²) in [6.45, 7) is 0. The van der Waals surface area contributed by atoms with E-state index in [1.165, 1.54) is 12.1 Å². The average molecular weight is 242 g/mol. The van der Waals surface area contributed by atoms with Gasteiger partial charge in [-0.2, -0.15) is 13.2 Å². The second-order valence-corrected chi connectivity index (χ2v) is 3.23. The van der Waals surface area contributed by atoms with Gasteiger partial charge >= 0.3 is 12.1 Å². The Kier molecular flexibility index (Phi) is 2.45. The Balaban J connectivity index is 2.84. The lowest BCUT2D eigenvalue weighted by Gasteiger charge is -2.09. The molecule has 0 unspecified atom stereocenters. The Morgan fingerprint density at radius 2 is 1.94 bits per heavy atom. The number of benzene rings is 1. The third-order valence-corrected chi connectivity index (χ3v) is 2.16. The van der Waals surface area contributed by atoms with Crippen LogP contribution in [0.1, 0.15) is 16.1 Å². The highest BCUT2D eigenvalue weighted by atomic mass is 19.4. The predicted molar refractivity (Wildman–Crippen MR) is 51.5 cm³/mol. The standard InChI is InChI=1S/C10H5F3N2O2/c11-10(12,13)8-5-2-1-3-6(9(16)17)7(5)14-4-15-8/h1-4H,(H,16,17). The number of nitrogens with zero attached hydrogens (tertiary/aromatic N) is 2. The van der Waals surface area contributed by atoms with E-state index in [9.17, 15) is 18.0 Å². The molecular weight excluding hydrogens is 237 g/mol. The van der Waals surface area contributed by atoms with Gasteiger partial charge in [0.15, 0.2) is 5.69 Å². The van der Waals surface area contributed by atoms with Crippen LogP contribution in [0, 0.1) is 0 Å². The van der Waals surface area contributed by atoms with E-state index in [2.05, 4.69) is 9.97 Å². The van der Waals surface area contributed by atoms with E-state index in [1.807, 2.05) is 0 Å². The summed E-state index contributed by atoms with van der Waals surface area (Å²) in [4.78, 5) is 17.6. The number of carbonyl (C=O) groups is 1. The third kappa shape index (κ3) is 1.91. The van der Waals surface area contributed by atoms with E-state index in [4.69, 9.17) is 5.11 Å². The SMILES string of the molecule is O=C(O)c1cccc2c(C(F)(F)F)ncnc12. The number of alkyl halides is 3. The second kappa shape index (κ2) is 3.69. The number of aromatic nitrogens is 2. The molecule has 0 radical (unpaired) electrons. The summed E-state index contributed by atoms with van der Waals surface area (Å²) in [5.41, 5.74) is -1.64. The minimum absolute atomic E-state index is 0.220. The van der Waals surface area contributed by atoms with Gasteiger partial charge in [-0.3, -0.25) is 0 Å². The highest BCUT2D eigenvalue weighted by Gasteiger charge is 2.35. The highest BCUT2D eigenvalue weighted by molar-refractivity contribution is 6.02. The van der Waals surface area contributed by atoms with Crippen molar-refractivity contribution in [2.45, 2.75) is 6.18 Å². The molecule has 2 aromatic rings. The molecule has 0 aliphatic rings. The maximum atomic E-state index is 12.6. The number of hydrogen-bond acceptors (Lipinski definition) is 3. The van der Waals surface area contributed by atoms with Gasteiger partial charge in [-0.15, -0.1) is 0 Å². The summed E-state index contributed by atoms with van der Waals surface area (Å²) >= 11 is 0. The van der Waals surface area contributed by atoms with E-state index in [0.29, 0.717) is 6.33 Å². The highest BCUT2D eigenvalue weighted by Crippen LogP contribution is 2.32. The van der Waals surface area contributed by atoms with Crippen molar-refractivity contribution in [1.82, 2.24) is 9.97 Å². The normalized spacial score (nSPS) is 11.7. The summed E-state index contributed by atoms with van der Waals surface area (Å²) in [5, 5.41) is 8.52. The summed E-state index contributed by atoms with van der Waals surface area (Å²) in [5.74, 6) is -1.33. The summed E-state index contributed by atoms with van der Waals surface area (Å²) < 4.78 is 37.8. The van der Waals surface area contributed by atoms with Crippen LogP contribution in [0.3, 0.4) is 0 Å². The molecule has 0 amide bonds. The molecule has 2 rings (SSSR count). The molecule has 0 aliphatic carbocycles. The van der Waals surface area contributed by atoms with Crippen LogP contribution in [0.25, 0.3) is 10.9 Å². The Morgan fingerprint density at radius 3 is 2.53 bits per heavy atom. The number of carboxylic acid groups (broad SMARTS) is 1. The second-order valence-electron chi connectivity index (χ2n) is 3.23. The minimum atomic E-state index is -4.64. The number of carboxylic acids is 1. The Labute approximate surface area is 92.7 Å². The van der Waals surface area contributed by atoms with E-state index >= 15 is 0 Å². The molecular formula is C10H5F3N2O2. The van der Waals surface area contributed by atoms with Crippen molar-refractivity contribution < 1.29 is 23.1 Å². The molecule has 0 fully saturated rings. The molecule has 1 N–H and O–H groups in total. The van der Waals surface area contributed by atoms with E-state index in [1.54, 1.807) is 0 Å². The van der Waals surface area contributed by atoms with E-state index < -0.39 is 17.8 Å². The number of para-hydroxylation sites is 1. The van der Waals surface area contributed by atoms with Crippen LogP contribution >= 0.6 is 0 Å². The van der Waals surface area contributed by atoms with E-state index in [0.717, 1.165) is 6.07 Å². The Hall–Kier alpha value is -2.18. The topological polar surface area (TPSA) is 63.1 Å². The monoisotopic (exact) mass is 242 g/mol. The largest absolute Gasteiger partial charge is 0.478 e. The fraction of sp³-hybridized carbons (Fsp3) is 0.100. The first-order valence-corrected chi connectivity index (χ1v) is 4.45. The summed E-state index contributed by atoms with van der Waals surface area (Å²) in [7, 11) is 0. The fourth-order valence-electron chi connectivity index (χ4n) is 1.49. The Bertz CT molecular complexity index is 596. The van der Waals surface area contributed by atoms with Gasteiger partial charge in [-0.25, -0.2) is 14.8 Å². The zero-order chi connectivity index (χ0) is 12.6. The molecule has 4 nitrogen and oxygen atoms in total. The van der Waals surface area contributed by atoms with Gasteiger partial charge < -0.3 is 5.11 Å². The van der Waals surface area contributed by atoms with Gasteiger partial charge in [-0.1, -0.05) is 12.1 Å². The number of aromatic carboxylic acids is 1. The fourth-order valence-corrected chi connectivity index (χ4v) is 1.49. The first-order valence-electron chi connectivity index (χ1n) is 4.45. The molecule has 1 aromatic heterocycles. The van der Waals surface area contributed by atoms with Gasteiger partial charge in [0.05, 0.1) is 11.1 Å². The van der Waals surface area contributed by atoms with Gasteiger partial charge in [0.2, 0.25) is 0 Å². The van der Waals surface area contributed by atoms with Crippen LogP contribution in [0.5, 0.6) is 0 Å². The molecule has 0 spiro atoms. The van der Waals surface area contributed by atoms with Crippen LogP contribution in [0.2, 0.25) is 0 Å². The lowest BCUT2D eigenvalue weighted by molar-refractivity contribution is -0.139. The van der Waals surface area contributed by atoms with E-state index in [-0.39, 0.29) is 16.5 Å². The quantitative estimate of drug-likeness (QED) is 0.833. The van der Waals surface area contributed by atoms with Crippen molar-refractivity contribution in [3.05, 3.63) is 35.8 Å². The van der Waals surface area contributed by atoms with Gasteiger partial charge in [0.25, 0.3) is 0 Å². The molecule has 0 atom stereocenters. The molecule has 1 heterocycles. The van der Waals surface area contributed by atoms with Crippen LogP contribution < -0.4 is 0 Å². The molecule has 0 bridgehead atoms. The lowest BCUT2D eigenvalue weighted by Crippen LogP contribution is -2.10. The van der Waals surface area contributed by atoms with Crippen LogP contribution in [-0.4, -0.2) is 21.0 Å². The van der Waals surface area contributed by atoms with Gasteiger partial charge in [-0.05, 0) is 6.07 Å². The Morgan fingerprint density at radius 1 is 1.24 bits per heavy atom. The third-order valence-electron chi connectivity index (χ3n) is 2.16. The van der Waals surface area contributed by atoms with Crippen molar-refractivity contribution in [1.29, 1.82) is 0 Å². The van der Waals surface area contributed by atoms with Crippen molar-refractivity contribution >= 4 is 16.9 Å². The zero-order valence-electron chi connectivity index (χ0n) is 8.19. The summed E-state index contributed by atoms with van der Waals surface area (Å²) in [6.07, 6.45) is -3.93. The van der Waals surface area contributed by atoms with Gasteiger partial charge in [0, 0.05) is 5.39 Å². The van der Waals surface area contributed by atoms with Crippen molar-refractivity contribution in [2.24, 2.45) is 0 Å². The van der Waals surface area contributed by atoms with Gasteiger partial charge in [0.1, 0.15) is 6.33 Å². The van der Waals surface area contributed by atoms with Crippen LogP contribution in [0.4, 0.5) is 13.2 Å². The maximum absolute atomic E-state index is 12.6. The number of fused-ring (bicyclic) bond motifs is 1. The molecule has 7 heteroatoms. The average Bonchev–Trinajstić information content (AvgIpc) is 2.26.